The predicted octanol–water partition coefficient (Wildman–Crippen LogP) is 3.49. The highest BCUT2D eigenvalue weighted by Crippen LogP contribution is 2.30. The summed E-state index contributed by atoms with van der Waals surface area (Å²) in [5, 5.41) is 6.20. The number of likely N-dealkylation sites (N-methyl/N-ethyl adjacent to an activating group) is 2. The molecule has 0 radical (unpaired) electrons. The van der Waals surface area contributed by atoms with E-state index in [1.54, 1.807) is 19.0 Å². The molecular formula is C23H39N3O2S. The Morgan fingerprint density at radius 2 is 1.69 bits per heavy atom. The van der Waals surface area contributed by atoms with Crippen molar-refractivity contribution in [3.63, 3.8) is 0 Å². The van der Waals surface area contributed by atoms with Crippen molar-refractivity contribution in [2.45, 2.75) is 70.9 Å². The third kappa shape index (κ3) is 6.75. The lowest BCUT2D eigenvalue weighted by atomic mass is 9.76. The van der Waals surface area contributed by atoms with Gasteiger partial charge in [0.05, 0.1) is 6.04 Å². The summed E-state index contributed by atoms with van der Waals surface area (Å²) in [5.41, 5.74) is 0.105. The number of thiol groups is 1. The molecule has 2 atom stereocenters. The van der Waals surface area contributed by atoms with Gasteiger partial charge in [0.1, 0.15) is 6.04 Å². The standard InChI is InChI=1S/C23H39N3O2S/c1-15(2)14-26(9)21(28)19(22(3,4)5)25-20(27)18(24-8)23(6,7)16-11-10-12-17(29)13-16/h10-13,15,18-19,24,29H,14H2,1-9H3,(H,25,27). The molecule has 2 amide bonds. The van der Waals surface area contributed by atoms with Crippen LogP contribution in [0.5, 0.6) is 0 Å². The van der Waals surface area contributed by atoms with Crippen molar-refractivity contribution < 1.29 is 9.59 Å². The van der Waals surface area contributed by atoms with E-state index in [1.165, 1.54) is 0 Å². The Balaban J connectivity index is 3.15. The summed E-state index contributed by atoms with van der Waals surface area (Å²) < 4.78 is 0. The highest BCUT2D eigenvalue weighted by atomic mass is 32.1. The molecule has 0 saturated heterocycles. The van der Waals surface area contributed by atoms with Crippen LogP contribution in [0, 0.1) is 11.3 Å². The van der Waals surface area contributed by atoms with Crippen molar-refractivity contribution in [1.29, 1.82) is 0 Å². The average molecular weight is 422 g/mol. The van der Waals surface area contributed by atoms with Gasteiger partial charge in [0.25, 0.3) is 0 Å². The van der Waals surface area contributed by atoms with Crippen molar-refractivity contribution in [1.82, 2.24) is 15.5 Å². The van der Waals surface area contributed by atoms with E-state index in [1.807, 2.05) is 58.9 Å². The quantitative estimate of drug-likeness (QED) is 0.563. The van der Waals surface area contributed by atoms with E-state index >= 15 is 0 Å². The topological polar surface area (TPSA) is 61.4 Å². The number of hydrogen-bond donors (Lipinski definition) is 3. The predicted molar refractivity (Wildman–Crippen MR) is 123 cm³/mol. The SMILES string of the molecule is CNC(C(=O)NC(C(=O)N(C)CC(C)C)C(C)(C)C)C(C)(C)c1cccc(S)c1. The molecule has 0 fully saturated rings. The summed E-state index contributed by atoms with van der Waals surface area (Å²) in [6, 6.07) is 6.71. The van der Waals surface area contributed by atoms with E-state index in [9.17, 15) is 9.59 Å². The van der Waals surface area contributed by atoms with Gasteiger partial charge in [-0.05, 0) is 36.1 Å². The number of nitrogens with one attached hydrogen (secondary N) is 2. The number of rotatable bonds is 8. The Labute approximate surface area is 182 Å². The molecule has 0 heterocycles. The maximum Gasteiger partial charge on any atom is 0.245 e. The second-order valence-corrected chi connectivity index (χ2v) is 10.4. The maximum absolute atomic E-state index is 13.3. The lowest BCUT2D eigenvalue weighted by Gasteiger charge is -2.38. The molecule has 164 valence electrons. The molecule has 0 aliphatic heterocycles. The number of nitrogens with zero attached hydrogens (tertiary/aromatic N) is 1. The highest BCUT2D eigenvalue weighted by molar-refractivity contribution is 7.80. The zero-order valence-corrected chi connectivity index (χ0v) is 20.4. The molecular weight excluding hydrogens is 382 g/mol. The fraction of sp³-hybridized carbons (Fsp3) is 0.652. The third-order valence-corrected chi connectivity index (χ3v) is 5.56. The molecule has 5 nitrogen and oxygen atoms in total. The molecule has 0 spiro atoms. The minimum Gasteiger partial charge on any atom is -0.344 e. The van der Waals surface area contributed by atoms with Crippen LogP contribution in [0.25, 0.3) is 0 Å². The minimum absolute atomic E-state index is 0.0652. The summed E-state index contributed by atoms with van der Waals surface area (Å²) in [6.07, 6.45) is 0. The van der Waals surface area contributed by atoms with Crippen LogP contribution < -0.4 is 10.6 Å². The summed E-state index contributed by atoms with van der Waals surface area (Å²) in [6.45, 7) is 14.8. The van der Waals surface area contributed by atoms with E-state index in [0.29, 0.717) is 12.5 Å². The Morgan fingerprint density at radius 1 is 1.10 bits per heavy atom. The summed E-state index contributed by atoms with van der Waals surface area (Å²) >= 11 is 4.43. The van der Waals surface area contributed by atoms with Gasteiger partial charge in [0.15, 0.2) is 0 Å². The first-order valence-corrected chi connectivity index (χ1v) is 10.7. The number of benzene rings is 1. The van der Waals surface area contributed by atoms with Gasteiger partial charge in [-0.1, -0.05) is 60.6 Å². The summed E-state index contributed by atoms with van der Waals surface area (Å²) in [4.78, 5) is 29.0. The van der Waals surface area contributed by atoms with Crippen LogP contribution in [-0.2, 0) is 15.0 Å². The smallest absolute Gasteiger partial charge is 0.245 e. The van der Waals surface area contributed by atoms with Gasteiger partial charge in [-0.3, -0.25) is 9.59 Å². The lowest BCUT2D eigenvalue weighted by Crippen LogP contribution is -2.61. The Morgan fingerprint density at radius 3 is 2.14 bits per heavy atom. The van der Waals surface area contributed by atoms with Gasteiger partial charge in [-0.15, -0.1) is 12.6 Å². The Kier molecular flexibility index (Phi) is 8.78. The van der Waals surface area contributed by atoms with E-state index < -0.39 is 22.9 Å². The first kappa shape index (κ1) is 25.5. The van der Waals surface area contributed by atoms with Gasteiger partial charge in [0, 0.05) is 23.9 Å². The Bertz CT molecular complexity index is 710. The molecule has 2 N–H and O–H groups in total. The number of amides is 2. The molecule has 0 aromatic heterocycles. The molecule has 0 aliphatic carbocycles. The molecule has 0 saturated carbocycles. The van der Waals surface area contributed by atoms with Crippen LogP contribution in [0.2, 0.25) is 0 Å². The first-order valence-electron chi connectivity index (χ1n) is 10.2. The van der Waals surface area contributed by atoms with Crippen molar-refractivity contribution >= 4 is 24.4 Å². The zero-order valence-electron chi connectivity index (χ0n) is 19.5. The molecule has 0 aliphatic rings. The third-order valence-electron chi connectivity index (χ3n) is 5.28. The van der Waals surface area contributed by atoms with Crippen LogP contribution in [0.1, 0.15) is 54.0 Å². The molecule has 29 heavy (non-hydrogen) atoms. The first-order chi connectivity index (χ1) is 13.2. The Hall–Kier alpha value is -1.53. The largest absolute Gasteiger partial charge is 0.344 e. The van der Waals surface area contributed by atoms with Gasteiger partial charge >= 0.3 is 0 Å². The molecule has 1 aromatic carbocycles. The lowest BCUT2D eigenvalue weighted by molar-refractivity contribution is -0.139. The van der Waals surface area contributed by atoms with Crippen molar-refractivity contribution in [2.24, 2.45) is 11.3 Å². The van der Waals surface area contributed by atoms with Crippen LogP contribution >= 0.6 is 12.6 Å². The molecule has 1 aromatic rings. The summed E-state index contributed by atoms with van der Waals surface area (Å²) in [7, 11) is 3.57. The second-order valence-electron chi connectivity index (χ2n) is 9.91. The van der Waals surface area contributed by atoms with Gasteiger partial charge in [0.2, 0.25) is 11.8 Å². The fourth-order valence-electron chi connectivity index (χ4n) is 3.63. The van der Waals surface area contributed by atoms with Gasteiger partial charge in [-0.2, -0.15) is 0 Å². The minimum atomic E-state index is -0.610. The van der Waals surface area contributed by atoms with Crippen LogP contribution in [-0.4, -0.2) is 49.4 Å². The van der Waals surface area contributed by atoms with Crippen molar-refractivity contribution in [2.75, 3.05) is 20.6 Å². The fourth-order valence-corrected chi connectivity index (χ4v) is 3.85. The number of hydrogen-bond acceptors (Lipinski definition) is 4. The highest BCUT2D eigenvalue weighted by Gasteiger charge is 2.40. The monoisotopic (exact) mass is 421 g/mol. The molecule has 0 bridgehead atoms. The van der Waals surface area contributed by atoms with E-state index in [-0.39, 0.29) is 11.8 Å². The van der Waals surface area contributed by atoms with E-state index in [4.69, 9.17) is 0 Å². The van der Waals surface area contributed by atoms with E-state index in [2.05, 4.69) is 37.1 Å². The average Bonchev–Trinajstić information content (AvgIpc) is 2.57. The van der Waals surface area contributed by atoms with E-state index in [0.717, 1.165) is 10.5 Å². The second kappa shape index (κ2) is 9.98. The summed E-state index contributed by atoms with van der Waals surface area (Å²) in [5.74, 6) is 0.107. The molecule has 2 unspecified atom stereocenters. The van der Waals surface area contributed by atoms with Crippen molar-refractivity contribution in [3.05, 3.63) is 29.8 Å². The van der Waals surface area contributed by atoms with Crippen LogP contribution in [0.4, 0.5) is 0 Å². The van der Waals surface area contributed by atoms with Crippen molar-refractivity contribution in [3.8, 4) is 0 Å². The molecule has 6 heteroatoms. The van der Waals surface area contributed by atoms with Gasteiger partial charge in [-0.25, -0.2) is 0 Å². The normalized spacial score (nSPS) is 14.4. The van der Waals surface area contributed by atoms with Crippen LogP contribution in [0.15, 0.2) is 29.2 Å². The van der Waals surface area contributed by atoms with Gasteiger partial charge < -0.3 is 15.5 Å². The number of carbonyl (C=O) groups excluding carboxylic acids is 2. The molecule has 1 rings (SSSR count). The number of carbonyl (C=O) groups is 2. The maximum atomic E-state index is 13.3. The zero-order chi connectivity index (χ0) is 22.6. The van der Waals surface area contributed by atoms with Crippen LogP contribution in [0.3, 0.4) is 0 Å².